The van der Waals surface area contributed by atoms with Crippen molar-refractivity contribution in [1.82, 2.24) is 4.98 Å². The van der Waals surface area contributed by atoms with E-state index in [1.807, 2.05) is 23.9 Å². The largest absolute Gasteiger partial charge is 0.382 e. The van der Waals surface area contributed by atoms with Crippen LogP contribution in [0.15, 0.2) is 18.3 Å². The monoisotopic (exact) mass is 211 g/mol. The van der Waals surface area contributed by atoms with Gasteiger partial charge in [-0.1, -0.05) is 6.92 Å². The molecule has 0 aliphatic heterocycles. The summed E-state index contributed by atoms with van der Waals surface area (Å²) >= 11 is 1.92. The fourth-order valence-corrected chi connectivity index (χ4v) is 1.81. The summed E-state index contributed by atoms with van der Waals surface area (Å²) in [7, 11) is 0. The number of thioether (sulfide) groups is 1. The Labute approximate surface area is 89.5 Å². The summed E-state index contributed by atoms with van der Waals surface area (Å²) in [6.45, 7) is 4.31. The van der Waals surface area contributed by atoms with Crippen LogP contribution in [0.5, 0.6) is 0 Å². The van der Waals surface area contributed by atoms with Crippen molar-refractivity contribution >= 4 is 23.3 Å². The lowest BCUT2D eigenvalue weighted by Crippen LogP contribution is -2.19. The summed E-state index contributed by atoms with van der Waals surface area (Å²) in [5, 5.41) is 3.34. The van der Waals surface area contributed by atoms with E-state index in [0.29, 0.717) is 11.9 Å². The quantitative estimate of drug-likeness (QED) is 0.784. The number of anilines is 2. The third-order valence-electron chi connectivity index (χ3n) is 1.81. The Kier molecular flexibility index (Phi) is 4.59. The summed E-state index contributed by atoms with van der Waals surface area (Å²) in [6, 6.07) is 4.26. The second-order valence-electron chi connectivity index (χ2n) is 3.14. The average molecular weight is 211 g/mol. The lowest BCUT2D eigenvalue weighted by molar-refractivity contribution is 0.912. The van der Waals surface area contributed by atoms with Gasteiger partial charge in [-0.05, 0) is 24.8 Å². The summed E-state index contributed by atoms with van der Waals surface area (Å²) in [6.07, 6.45) is 1.70. The average Bonchev–Trinajstić information content (AvgIpc) is 2.18. The van der Waals surface area contributed by atoms with E-state index in [1.54, 1.807) is 6.20 Å². The number of hydrogen-bond acceptors (Lipinski definition) is 4. The molecule has 0 aliphatic carbocycles. The minimum atomic E-state index is 0.423. The normalized spacial score (nSPS) is 12.4. The van der Waals surface area contributed by atoms with E-state index in [9.17, 15) is 0 Å². The molecule has 1 aromatic rings. The van der Waals surface area contributed by atoms with E-state index in [1.165, 1.54) is 0 Å². The molecule has 0 radical (unpaired) electrons. The highest BCUT2D eigenvalue weighted by Crippen LogP contribution is 2.16. The van der Waals surface area contributed by atoms with E-state index in [4.69, 9.17) is 5.73 Å². The van der Waals surface area contributed by atoms with Crippen molar-refractivity contribution in [3.05, 3.63) is 18.3 Å². The van der Waals surface area contributed by atoms with Crippen LogP contribution in [0.1, 0.15) is 13.8 Å². The van der Waals surface area contributed by atoms with Gasteiger partial charge in [-0.2, -0.15) is 11.8 Å². The lowest BCUT2D eigenvalue weighted by atomic mass is 10.3. The van der Waals surface area contributed by atoms with Gasteiger partial charge >= 0.3 is 0 Å². The number of nitrogens with two attached hydrogens (primary N) is 1. The first-order valence-corrected chi connectivity index (χ1v) is 5.94. The Bertz CT molecular complexity index is 278. The Morgan fingerprint density at radius 3 is 3.07 bits per heavy atom. The maximum Gasteiger partial charge on any atom is 0.146 e. The molecular formula is C10H17N3S. The third kappa shape index (κ3) is 3.46. The molecule has 1 atom stereocenters. The number of aromatic nitrogens is 1. The molecule has 0 amide bonds. The molecule has 78 valence electrons. The molecule has 1 aromatic heterocycles. The van der Waals surface area contributed by atoms with Crippen LogP contribution >= 0.6 is 11.8 Å². The van der Waals surface area contributed by atoms with Crippen LogP contribution in [0.4, 0.5) is 11.5 Å². The number of nitrogen functional groups attached to an aromatic ring is 1. The highest BCUT2D eigenvalue weighted by molar-refractivity contribution is 7.99. The molecule has 0 bridgehead atoms. The summed E-state index contributed by atoms with van der Waals surface area (Å²) < 4.78 is 0. The molecule has 4 heteroatoms. The van der Waals surface area contributed by atoms with Gasteiger partial charge in [0.25, 0.3) is 0 Å². The predicted molar refractivity (Wildman–Crippen MR) is 64.7 cm³/mol. The van der Waals surface area contributed by atoms with E-state index in [2.05, 4.69) is 24.1 Å². The fraction of sp³-hybridized carbons (Fsp3) is 0.500. The maximum atomic E-state index is 5.72. The molecule has 1 unspecified atom stereocenters. The predicted octanol–water partition coefficient (Wildman–Crippen LogP) is 2.22. The first-order valence-electron chi connectivity index (χ1n) is 4.78. The second kappa shape index (κ2) is 5.75. The van der Waals surface area contributed by atoms with Gasteiger partial charge in [0.1, 0.15) is 5.82 Å². The van der Waals surface area contributed by atoms with Gasteiger partial charge in [-0.15, -0.1) is 0 Å². The Morgan fingerprint density at radius 1 is 1.64 bits per heavy atom. The van der Waals surface area contributed by atoms with Crippen molar-refractivity contribution < 1.29 is 0 Å². The van der Waals surface area contributed by atoms with E-state index < -0.39 is 0 Å². The Hall–Kier alpha value is -0.900. The first-order chi connectivity index (χ1) is 6.74. The first kappa shape index (κ1) is 11.2. The van der Waals surface area contributed by atoms with Crippen LogP contribution in [0.2, 0.25) is 0 Å². The second-order valence-corrected chi connectivity index (χ2v) is 4.46. The van der Waals surface area contributed by atoms with Gasteiger partial charge in [0.15, 0.2) is 0 Å². The zero-order chi connectivity index (χ0) is 10.4. The van der Waals surface area contributed by atoms with Crippen LogP contribution in [0.3, 0.4) is 0 Å². The number of nitrogens with zero attached hydrogens (tertiary/aromatic N) is 1. The highest BCUT2D eigenvalue weighted by Gasteiger charge is 2.03. The van der Waals surface area contributed by atoms with E-state index >= 15 is 0 Å². The number of nitrogens with one attached hydrogen (secondary N) is 1. The molecule has 1 rings (SSSR count). The molecule has 3 nitrogen and oxygen atoms in total. The number of hydrogen-bond donors (Lipinski definition) is 2. The molecule has 3 N–H and O–H groups in total. The van der Waals surface area contributed by atoms with Gasteiger partial charge < -0.3 is 11.1 Å². The van der Waals surface area contributed by atoms with Crippen molar-refractivity contribution in [3.63, 3.8) is 0 Å². The molecular weight excluding hydrogens is 194 g/mol. The minimum Gasteiger partial charge on any atom is -0.382 e. The van der Waals surface area contributed by atoms with Crippen LogP contribution in [-0.4, -0.2) is 22.5 Å². The zero-order valence-electron chi connectivity index (χ0n) is 8.66. The zero-order valence-corrected chi connectivity index (χ0v) is 9.47. The van der Waals surface area contributed by atoms with Crippen molar-refractivity contribution in [2.75, 3.05) is 22.6 Å². The molecule has 0 aliphatic rings. The van der Waals surface area contributed by atoms with Gasteiger partial charge in [0.05, 0.1) is 5.69 Å². The van der Waals surface area contributed by atoms with E-state index in [0.717, 1.165) is 17.2 Å². The molecule has 0 fully saturated rings. The number of rotatable bonds is 5. The van der Waals surface area contributed by atoms with Gasteiger partial charge in [0, 0.05) is 18.0 Å². The van der Waals surface area contributed by atoms with E-state index in [-0.39, 0.29) is 0 Å². The molecule has 14 heavy (non-hydrogen) atoms. The Morgan fingerprint density at radius 2 is 2.43 bits per heavy atom. The SMILES string of the molecule is CCSCC(C)Nc1cccnc1N. The maximum absolute atomic E-state index is 5.72. The third-order valence-corrected chi connectivity index (χ3v) is 2.96. The van der Waals surface area contributed by atoms with Gasteiger partial charge in [-0.3, -0.25) is 0 Å². The number of pyridine rings is 1. The van der Waals surface area contributed by atoms with Crippen molar-refractivity contribution in [1.29, 1.82) is 0 Å². The van der Waals surface area contributed by atoms with Crippen molar-refractivity contribution in [2.24, 2.45) is 0 Å². The van der Waals surface area contributed by atoms with Crippen LogP contribution < -0.4 is 11.1 Å². The topological polar surface area (TPSA) is 50.9 Å². The standard InChI is InChI=1S/C10H17N3S/c1-3-14-7-8(2)13-9-5-4-6-12-10(9)11/h4-6,8,13H,3,7H2,1-2H3,(H2,11,12). The van der Waals surface area contributed by atoms with Crippen LogP contribution in [0.25, 0.3) is 0 Å². The lowest BCUT2D eigenvalue weighted by Gasteiger charge is -2.15. The van der Waals surface area contributed by atoms with Crippen LogP contribution in [0, 0.1) is 0 Å². The summed E-state index contributed by atoms with van der Waals surface area (Å²) in [5.74, 6) is 2.81. The van der Waals surface area contributed by atoms with Crippen molar-refractivity contribution in [3.8, 4) is 0 Å². The van der Waals surface area contributed by atoms with Gasteiger partial charge in [0.2, 0.25) is 0 Å². The summed E-state index contributed by atoms with van der Waals surface area (Å²) in [5.41, 5.74) is 6.64. The smallest absolute Gasteiger partial charge is 0.146 e. The fourth-order valence-electron chi connectivity index (χ4n) is 1.14. The van der Waals surface area contributed by atoms with Crippen molar-refractivity contribution in [2.45, 2.75) is 19.9 Å². The molecule has 0 saturated carbocycles. The molecule has 0 saturated heterocycles. The molecule has 0 spiro atoms. The molecule has 0 aromatic carbocycles. The van der Waals surface area contributed by atoms with Gasteiger partial charge in [-0.25, -0.2) is 4.98 Å². The highest BCUT2D eigenvalue weighted by atomic mass is 32.2. The minimum absolute atomic E-state index is 0.423. The Balaban J connectivity index is 2.47. The molecule has 1 heterocycles. The van der Waals surface area contributed by atoms with Crippen LogP contribution in [-0.2, 0) is 0 Å². The summed E-state index contributed by atoms with van der Waals surface area (Å²) in [4.78, 5) is 4.02.